The van der Waals surface area contributed by atoms with Gasteiger partial charge < -0.3 is 19.5 Å². The zero-order valence-corrected chi connectivity index (χ0v) is 15.7. The Labute approximate surface area is 165 Å². The minimum atomic E-state index is -4.57. The molecule has 2 rings (SSSR count). The third kappa shape index (κ3) is 6.40. The Bertz CT molecular complexity index is 877. The highest BCUT2D eigenvalue weighted by atomic mass is 19.4. The first-order chi connectivity index (χ1) is 13.7. The summed E-state index contributed by atoms with van der Waals surface area (Å²) in [5, 5.41) is 11.2. The number of nitrogens with one attached hydrogen (secondary N) is 1. The second-order valence-corrected chi connectivity index (χ2v) is 5.94. The van der Waals surface area contributed by atoms with Crippen molar-refractivity contribution >= 4 is 11.6 Å². The second kappa shape index (κ2) is 9.80. The lowest BCUT2D eigenvalue weighted by atomic mass is 10.1. The first kappa shape index (κ1) is 22.0. The van der Waals surface area contributed by atoms with Gasteiger partial charge in [-0.3, -0.25) is 4.79 Å². The lowest BCUT2D eigenvalue weighted by Crippen LogP contribution is -2.30. The lowest BCUT2D eigenvalue weighted by molar-refractivity contribution is -0.137. The molecule has 1 unspecified atom stereocenters. The summed E-state index contributed by atoms with van der Waals surface area (Å²) in [6.07, 6.45) is -5.58. The van der Waals surface area contributed by atoms with E-state index in [1.54, 1.807) is 0 Å². The van der Waals surface area contributed by atoms with Crippen molar-refractivity contribution in [3.63, 3.8) is 0 Å². The predicted molar refractivity (Wildman–Crippen MR) is 98.7 cm³/mol. The van der Waals surface area contributed by atoms with Crippen molar-refractivity contribution in [1.29, 1.82) is 5.26 Å². The van der Waals surface area contributed by atoms with Gasteiger partial charge in [-0.2, -0.15) is 18.4 Å². The zero-order valence-electron chi connectivity index (χ0n) is 15.7. The summed E-state index contributed by atoms with van der Waals surface area (Å²) in [6, 6.07) is 10.9. The fraction of sp³-hybridized carbons (Fsp3) is 0.300. The van der Waals surface area contributed by atoms with Crippen LogP contribution in [-0.2, 0) is 15.7 Å². The number of carbonyl (C=O) groups excluding carboxylic acids is 1. The van der Waals surface area contributed by atoms with E-state index < -0.39 is 23.8 Å². The minimum absolute atomic E-state index is 0.0778. The van der Waals surface area contributed by atoms with E-state index in [-0.39, 0.29) is 24.7 Å². The average molecular weight is 408 g/mol. The van der Waals surface area contributed by atoms with E-state index in [0.717, 1.165) is 18.2 Å². The lowest BCUT2D eigenvalue weighted by Gasteiger charge is -2.18. The summed E-state index contributed by atoms with van der Waals surface area (Å²) >= 11 is 0. The van der Waals surface area contributed by atoms with Crippen molar-refractivity contribution in [2.75, 3.05) is 25.6 Å². The Morgan fingerprint density at radius 3 is 2.45 bits per heavy atom. The molecule has 1 amide bonds. The predicted octanol–water partition coefficient (Wildman–Crippen LogP) is 4.01. The molecule has 1 N–H and O–H groups in total. The molecule has 0 aliphatic carbocycles. The number of anilines is 1. The van der Waals surface area contributed by atoms with Gasteiger partial charge >= 0.3 is 6.18 Å². The number of amides is 1. The van der Waals surface area contributed by atoms with E-state index in [0.29, 0.717) is 11.3 Å². The first-order valence-electron chi connectivity index (χ1n) is 8.55. The van der Waals surface area contributed by atoms with Gasteiger partial charge in [0, 0.05) is 7.11 Å². The molecule has 0 saturated carbocycles. The number of alkyl halides is 3. The van der Waals surface area contributed by atoms with Crippen LogP contribution < -0.4 is 14.8 Å². The van der Waals surface area contributed by atoms with Crippen LogP contribution in [0.1, 0.15) is 18.1 Å². The van der Waals surface area contributed by atoms with Gasteiger partial charge in [-0.05, 0) is 49.4 Å². The van der Waals surface area contributed by atoms with Gasteiger partial charge in [0.1, 0.15) is 18.1 Å². The molecular formula is C20H19F3N2O4. The van der Waals surface area contributed by atoms with E-state index in [1.807, 2.05) is 6.07 Å². The highest BCUT2D eigenvalue weighted by molar-refractivity contribution is 5.95. The Balaban J connectivity index is 2.15. The van der Waals surface area contributed by atoms with Crippen LogP contribution >= 0.6 is 0 Å². The largest absolute Gasteiger partial charge is 0.489 e. The summed E-state index contributed by atoms with van der Waals surface area (Å²) in [4.78, 5) is 12.4. The molecule has 0 saturated heterocycles. The van der Waals surface area contributed by atoms with E-state index in [2.05, 4.69) is 5.32 Å². The summed E-state index contributed by atoms with van der Waals surface area (Å²) < 4.78 is 54.8. The molecular weight excluding hydrogens is 389 g/mol. The number of carbonyl (C=O) groups is 1. The molecule has 0 aliphatic heterocycles. The molecule has 0 heterocycles. The molecule has 2 aromatic carbocycles. The molecule has 2 aromatic rings. The fourth-order valence-electron chi connectivity index (χ4n) is 2.26. The van der Waals surface area contributed by atoms with Crippen LogP contribution in [0.3, 0.4) is 0 Å². The molecule has 0 spiro atoms. The number of methoxy groups -OCH3 is 1. The smallest absolute Gasteiger partial charge is 0.416 e. The van der Waals surface area contributed by atoms with E-state index >= 15 is 0 Å². The van der Waals surface area contributed by atoms with E-state index in [4.69, 9.17) is 19.5 Å². The van der Waals surface area contributed by atoms with Crippen LogP contribution in [0.4, 0.5) is 18.9 Å². The third-order valence-corrected chi connectivity index (χ3v) is 3.78. The molecule has 9 heteroatoms. The molecule has 0 bridgehead atoms. The highest BCUT2D eigenvalue weighted by Gasteiger charge is 2.31. The van der Waals surface area contributed by atoms with Gasteiger partial charge in [-0.1, -0.05) is 0 Å². The fourth-order valence-corrected chi connectivity index (χ4v) is 2.26. The van der Waals surface area contributed by atoms with Crippen LogP contribution in [0, 0.1) is 11.3 Å². The van der Waals surface area contributed by atoms with E-state index in [9.17, 15) is 18.0 Å². The number of ether oxygens (including phenoxy) is 3. The van der Waals surface area contributed by atoms with Crippen LogP contribution in [0.15, 0.2) is 42.5 Å². The zero-order chi connectivity index (χ0) is 21.4. The van der Waals surface area contributed by atoms with Crippen LogP contribution in [0.2, 0.25) is 0 Å². The number of rotatable bonds is 8. The molecule has 6 nitrogen and oxygen atoms in total. The second-order valence-electron chi connectivity index (χ2n) is 5.94. The summed E-state index contributed by atoms with van der Waals surface area (Å²) in [6.45, 7) is 1.78. The van der Waals surface area contributed by atoms with Crippen molar-refractivity contribution < 1.29 is 32.2 Å². The molecule has 0 aromatic heterocycles. The monoisotopic (exact) mass is 408 g/mol. The highest BCUT2D eigenvalue weighted by Crippen LogP contribution is 2.35. The Hall–Kier alpha value is -3.25. The average Bonchev–Trinajstić information content (AvgIpc) is 2.69. The van der Waals surface area contributed by atoms with Gasteiger partial charge in [0.05, 0.1) is 29.5 Å². The molecule has 0 radical (unpaired) electrons. The standard InChI is InChI=1S/C20H19F3N2O4/c1-13(29-16-6-3-14(12-24)4-7-16)19(26)25-17-11-15(20(21,22)23)5-8-18(17)28-10-9-27-2/h3-8,11,13H,9-10H2,1-2H3,(H,25,26). The summed E-state index contributed by atoms with van der Waals surface area (Å²) in [7, 11) is 1.46. The van der Waals surface area contributed by atoms with Crippen LogP contribution in [0.25, 0.3) is 0 Å². The number of benzene rings is 2. The van der Waals surface area contributed by atoms with Crippen molar-refractivity contribution in [2.45, 2.75) is 19.2 Å². The van der Waals surface area contributed by atoms with Gasteiger partial charge in [-0.15, -0.1) is 0 Å². The quantitative estimate of drug-likeness (QED) is 0.668. The maximum atomic E-state index is 13.0. The number of hydrogen-bond acceptors (Lipinski definition) is 5. The van der Waals surface area contributed by atoms with Crippen molar-refractivity contribution in [1.82, 2.24) is 0 Å². The van der Waals surface area contributed by atoms with Crippen molar-refractivity contribution in [2.24, 2.45) is 0 Å². The van der Waals surface area contributed by atoms with Crippen LogP contribution in [0.5, 0.6) is 11.5 Å². The molecule has 154 valence electrons. The van der Waals surface area contributed by atoms with Gasteiger partial charge in [-0.25, -0.2) is 0 Å². The number of nitrogens with zero attached hydrogens (tertiary/aromatic N) is 1. The number of halogens is 3. The van der Waals surface area contributed by atoms with Gasteiger partial charge in [0.15, 0.2) is 6.10 Å². The molecule has 0 fully saturated rings. The van der Waals surface area contributed by atoms with E-state index in [1.165, 1.54) is 38.3 Å². The molecule has 29 heavy (non-hydrogen) atoms. The Morgan fingerprint density at radius 1 is 1.17 bits per heavy atom. The number of hydrogen-bond donors (Lipinski definition) is 1. The van der Waals surface area contributed by atoms with Gasteiger partial charge in [0.2, 0.25) is 0 Å². The maximum Gasteiger partial charge on any atom is 0.416 e. The Morgan fingerprint density at radius 2 is 1.86 bits per heavy atom. The molecule has 1 atom stereocenters. The minimum Gasteiger partial charge on any atom is -0.489 e. The summed E-state index contributed by atoms with van der Waals surface area (Å²) in [5.74, 6) is -0.244. The summed E-state index contributed by atoms with van der Waals surface area (Å²) in [5.41, 5.74) is -0.625. The van der Waals surface area contributed by atoms with Crippen LogP contribution in [-0.4, -0.2) is 32.3 Å². The molecule has 0 aliphatic rings. The maximum absolute atomic E-state index is 13.0. The van der Waals surface area contributed by atoms with Crippen molar-refractivity contribution in [3.8, 4) is 17.6 Å². The normalized spacial score (nSPS) is 12.0. The SMILES string of the molecule is COCCOc1ccc(C(F)(F)F)cc1NC(=O)C(C)Oc1ccc(C#N)cc1. The third-order valence-electron chi connectivity index (χ3n) is 3.78. The van der Waals surface area contributed by atoms with Crippen molar-refractivity contribution in [3.05, 3.63) is 53.6 Å². The van der Waals surface area contributed by atoms with Gasteiger partial charge in [0.25, 0.3) is 5.91 Å². The number of nitriles is 1. The Kier molecular flexibility index (Phi) is 7.45. The first-order valence-corrected chi connectivity index (χ1v) is 8.55. The topological polar surface area (TPSA) is 80.6 Å².